The van der Waals surface area contributed by atoms with E-state index >= 15 is 0 Å². The van der Waals surface area contributed by atoms with Gasteiger partial charge in [-0.25, -0.2) is 15.0 Å². The summed E-state index contributed by atoms with van der Waals surface area (Å²) in [7, 11) is 0. The van der Waals surface area contributed by atoms with Crippen molar-refractivity contribution in [2.45, 2.75) is 6.42 Å². The molecule has 5 rings (SSSR count). The Morgan fingerprint density at radius 3 is 1.93 bits per heavy atom. The zero-order chi connectivity index (χ0) is 28.6. The zero-order valence-corrected chi connectivity index (χ0v) is 23.2. The Morgan fingerprint density at radius 2 is 1.27 bits per heavy atom. The van der Waals surface area contributed by atoms with Crippen LogP contribution in [0.3, 0.4) is 0 Å². The summed E-state index contributed by atoms with van der Waals surface area (Å²) in [5.74, 6) is -1.42. The molecule has 0 spiro atoms. The van der Waals surface area contributed by atoms with Crippen LogP contribution in [0.2, 0.25) is 0 Å². The van der Waals surface area contributed by atoms with Gasteiger partial charge in [0.2, 0.25) is 5.91 Å². The average Bonchev–Trinajstić information content (AvgIpc) is 3.01. The first-order valence-corrected chi connectivity index (χ1v) is 13.4. The lowest BCUT2D eigenvalue weighted by atomic mass is 10.0. The maximum atomic E-state index is 12.8. The molecule has 0 fully saturated rings. The molecule has 5 aromatic rings. The smallest absolute Gasteiger partial charge is 0.343 e. The highest BCUT2D eigenvalue weighted by Gasteiger charge is 2.17. The summed E-state index contributed by atoms with van der Waals surface area (Å²) in [4.78, 5) is 38.1. The number of nitrogens with zero attached hydrogens (tertiary/aromatic N) is 1. The average molecular weight is 607 g/mol. The first-order valence-electron chi connectivity index (χ1n) is 12.6. The second-order valence-corrected chi connectivity index (χ2v) is 9.79. The largest absolute Gasteiger partial charge is 0.419 e. The van der Waals surface area contributed by atoms with E-state index in [1.165, 1.54) is 18.3 Å². The third kappa shape index (κ3) is 6.93. The van der Waals surface area contributed by atoms with Crippen LogP contribution in [-0.2, 0) is 11.2 Å². The third-order valence-electron chi connectivity index (χ3n) is 6.11. The van der Waals surface area contributed by atoms with Gasteiger partial charge in [0.25, 0.3) is 0 Å². The van der Waals surface area contributed by atoms with Gasteiger partial charge in [-0.2, -0.15) is 5.10 Å². The number of benzene rings is 5. The molecule has 0 aliphatic carbocycles. The van der Waals surface area contributed by atoms with Gasteiger partial charge in [-0.3, -0.25) is 4.79 Å². The minimum atomic E-state index is -0.619. The summed E-state index contributed by atoms with van der Waals surface area (Å²) in [6.07, 6.45) is 1.56. The molecule has 5 aromatic carbocycles. The normalized spacial score (nSPS) is 10.9. The van der Waals surface area contributed by atoms with E-state index in [9.17, 15) is 14.4 Å². The van der Waals surface area contributed by atoms with Gasteiger partial charge >= 0.3 is 11.9 Å². The Hall–Kier alpha value is -5.08. The number of carbonyl (C=O) groups excluding carboxylic acids is 3. The molecule has 1 N–H and O–H groups in total. The van der Waals surface area contributed by atoms with Crippen molar-refractivity contribution in [3.8, 4) is 11.5 Å². The molecule has 0 aliphatic heterocycles. The molecule has 0 heterocycles. The summed E-state index contributed by atoms with van der Waals surface area (Å²) < 4.78 is 12.1. The molecular formula is C33H23BrN2O5. The minimum absolute atomic E-state index is 0.0275. The lowest BCUT2D eigenvalue weighted by molar-refractivity contribution is -0.120. The van der Waals surface area contributed by atoms with Crippen LogP contribution in [0, 0.1) is 0 Å². The molecule has 0 atom stereocenters. The van der Waals surface area contributed by atoms with Gasteiger partial charge in [-0.15, -0.1) is 0 Å². The van der Waals surface area contributed by atoms with Crippen LogP contribution in [0.1, 0.15) is 31.8 Å². The number of fused-ring (bicyclic) bond motifs is 1. The first-order chi connectivity index (χ1) is 20.0. The Balaban J connectivity index is 1.32. The summed E-state index contributed by atoms with van der Waals surface area (Å²) in [6.45, 7) is 0. The highest BCUT2D eigenvalue weighted by molar-refractivity contribution is 9.10. The monoisotopic (exact) mass is 606 g/mol. The van der Waals surface area contributed by atoms with Gasteiger partial charge in [0.05, 0.1) is 23.8 Å². The summed E-state index contributed by atoms with van der Waals surface area (Å²) in [5.41, 5.74) is 4.60. The van der Waals surface area contributed by atoms with E-state index in [1.807, 2.05) is 36.4 Å². The number of hydrogen-bond acceptors (Lipinski definition) is 6. The number of ether oxygens (including phenoxy) is 2. The highest BCUT2D eigenvalue weighted by Crippen LogP contribution is 2.30. The minimum Gasteiger partial charge on any atom is -0.419 e. The van der Waals surface area contributed by atoms with Crippen molar-refractivity contribution < 1.29 is 23.9 Å². The van der Waals surface area contributed by atoms with E-state index in [1.54, 1.807) is 66.7 Å². The number of hydrogen-bond donors (Lipinski definition) is 1. The fourth-order valence-electron chi connectivity index (χ4n) is 4.11. The van der Waals surface area contributed by atoms with Crippen molar-refractivity contribution in [3.05, 3.63) is 142 Å². The molecule has 0 unspecified atom stereocenters. The van der Waals surface area contributed by atoms with E-state index in [0.717, 1.165) is 20.8 Å². The molecule has 7 nitrogen and oxygen atoms in total. The van der Waals surface area contributed by atoms with Gasteiger partial charge in [-0.1, -0.05) is 82.7 Å². The van der Waals surface area contributed by atoms with Crippen LogP contribution >= 0.6 is 15.9 Å². The number of halogens is 1. The Morgan fingerprint density at radius 1 is 0.683 bits per heavy atom. The number of nitrogens with one attached hydrogen (secondary N) is 1. The van der Waals surface area contributed by atoms with E-state index in [4.69, 9.17) is 9.47 Å². The molecule has 202 valence electrons. The van der Waals surface area contributed by atoms with Crippen LogP contribution in [0.4, 0.5) is 0 Å². The van der Waals surface area contributed by atoms with Gasteiger partial charge < -0.3 is 9.47 Å². The summed E-state index contributed by atoms with van der Waals surface area (Å²) in [5, 5.41) is 6.07. The first kappa shape index (κ1) is 27.5. The SMILES string of the molecule is O=C(Cc1ccc(Br)c2ccccc12)NN=Cc1ccc(OC(=O)c2ccccc2)c(OC(=O)c2ccccc2)c1. The molecule has 0 bridgehead atoms. The molecule has 0 saturated heterocycles. The van der Waals surface area contributed by atoms with Crippen LogP contribution < -0.4 is 14.9 Å². The second-order valence-electron chi connectivity index (χ2n) is 8.94. The van der Waals surface area contributed by atoms with Crippen molar-refractivity contribution in [2.24, 2.45) is 5.10 Å². The van der Waals surface area contributed by atoms with E-state index < -0.39 is 11.9 Å². The summed E-state index contributed by atoms with van der Waals surface area (Å²) >= 11 is 3.55. The van der Waals surface area contributed by atoms with Crippen molar-refractivity contribution >= 4 is 50.8 Å². The molecule has 8 heteroatoms. The van der Waals surface area contributed by atoms with Crippen molar-refractivity contribution in [3.63, 3.8) is 0 Å². The fraction of sp³-hybridized carbons (Fsp3) is 0.0303. The van der Waals surface area contributed by atoms with Gasteiger partial charge in [0.15, 0.2) is 11.5 Å². The topological polar surface area (TPSA) is 94.1 Å². The Labute approximate surface area is 244 Å². The zero-order valence-electron chi connectivity index (χ0n) is 21.6. The van der Waals surface area contributed by atoms with Gasteiger partial charge in [-0.05, 0) is 70.4 Å². The van der Waals surface area contributed by atoms with Gasteiger partial charge in [0, 0.05) is 4.47 Å². The van der Waals surface area contributed by atoms with Crippen LogP contribution in [0.25, 0.3) is 10.8 Å². The number of hydrazone groups is 1. The maximum Gasteiger partial charge on any atom is 0.343 e. The molecular weight excluding hydrogens is 584 g/mol. The number of esters is 2. The lowest BCUT2D eigenvalue weighted by Gasteiger charge is -2.11. The fourth-order valence-corrected chi connectivity index (χ4v) is 4.58. The summed E-state index contributed by atoms with van der Waals surface area (Å²) in [6, 6.07) is 33.2. The standard InChI is InChI=1S/C33H23BrN2O5/c34-28-17-16-25(26-13-7-8-14-27(26)28)20-31(37)36-35-21-22-15-18-29(40-32(38)23-9-3-1-4-10-23)30(19-22)41-33(39)24-11-5-2-6-12-24/h1-19,21H,20H2,(H,36,37). The van der Waals surface area contributed by atoms with Crippen molar-refractivity contribution in [1.29, 1.82) is 0 Å². The predicted octanol–water partition coefficient (Wildman–Crippen LogP) is 6.73. The molecule has 0 saturated carbocycles. The Kier molecular flexibility index (Phi) is 8.61. The van der Waals surface area contributed by atoms with E-state index in [2.05, 4.69) is 26.5 Å². The van der Waals surface area contributed by atoms with E-state index in [0.29, 0.717) is 16.7 Å². The molecule has 41 heavy (non-hydrogen) atoms. The lowest BCUT2D eigenvalue weighted by Crippen LogP contribution is -2.20. The quantitative estimate of drug-likeness (QED) is 0.0914. The highest BCUT2D eigenvalue weighted by atomic mass is 79.9. The van der Waals surface area contributed by atoms with Crippen LogP contribution in [-0.4, -0.2) is 24.1 Å². The van der Waals surface area contributed by atoms with Crippen molar-refractivity contribution in [2.75, 3.05) is 0 Å². The van der Waals surface area contributed by atoms with Gasteiger partial charge in [0.1, 0.15) is 0 Å². The molecule has 1 amide bonds. The van der Waals surface area contributed by atoms with Crippen LogP contribution in [0.5, 0.6) is 11.5 Å². The number of carbonyl (C=O) groups is 3. The molecule has 0 radical (unpaired) electrons. The number of rotatable bonds is 8. The number of amides is 1. The Bertz CT molecular complexity index is 1750. The second kappa shape index (κ2) is 12.8. The van der Waals surface area contributed by atoms with Crippen LogP contribution in [0.15, 0.2) is 125 Å². The molecule has 0 aromatic heterocycles. The predicted molar refractivity (Wildman–Crippen MR) is 160 cm³/mol. The van der Waals surface area contributed by atoms with E-state index in [-0.39, 0.29) is 23.8 Å². The maximum absolute atomic E-state index is 12.8. The molecule has 0 aliphatic rings. The van der Waals surface area contributed by atoms with Crippen molar-refractivity contribution in [1.82, 2.24) is 5.43 Å². The third-order valence-corrected chi connectivity index (χ3v) is 6.80.